The van der Waals surface area contributed by atoms with Crippen LogP contribution >= 0.6 is 0 Å². The molecule has 0 unspecified atom stereocenters. The molecule has 0 aliphatic carbocycles. The fourth-order valence-corrected chi connectivity index (χ4v) is 2.01. The average molecular weight is 249 g/mol. The zero-order chi connectivity index (χ0) is 12.5. The molecule has 5 nitrogen and oxygen atoms in total. The number of sulfone groups is 1. The fraction of sp³-hybridized carbons (Fsp3) is 0.0909. The van der Waals surface area contributed by atoms with Gasteiger partial charge in [0.25, 0.3) is 0 Å². The minimum absolute atomic E-state index is 0.210. The molecule has 0 amide bonds. The van der Waals surface area contributed by atoms with Gasteiger partial charge in [-0.1, -0.05) is 12.1 Å². The van der Waals surface area contributed by atoms with Crippen molar-refractivity contribution in [3.8, 4) is 11.1 Å². The van der Waals surface area contributed by atoms with Crippen molar-refractivity contribution in [2.24, 2.45) is 0 Å². The Labute approximate surface area is 99.3 Å². The lowest BCUT2D eigenvalue weighted by atomic mass is 10.1. The highest BCUT2D eigenvalue weighted by Gasteiger charge is 2.06. The van der Waals surface area contributed by atoms with Gasteiger partial charge in [-0.2, -0.15) is 0 Å². The second kappa shape index (κ2) is 4.14. The molecule has 2 rings (SSSR count). The molecule has 6 heteroatoms. The zero-order valence-electron chi connectivity index (χ0n) is 9.16. The highest BCUT2D eigenvalue weighted by Crippen LogP contribution is 2.20. The van der Waals surface area contributed by atoms with E-state index in [0.29, 0.717) is 0 Å². The molecule has 0 atom stereocenters. The first-order chi connectivity index (χ1) is 7.97. The molecule has 1 heterocycles. The minimum Gasteiger partial charge on any atom is -0.368 e. The monoisotopic (exact) mass is 249 g/mol. The van der Waals surface area contributed by atoms with E-state index in [9.17, 15) is 8.42 Å². The van der Waals surface area contributed by atoms with Gasteiger partial charge in [0, 0.05) is 24.2 Å². The van der Waals surface area contributed by atoms with Crippen molar-refractivity contribution >= 4 is 15.8 Å². The largest absolute Gasteiger partial charge is 0.368 e. The van der Waals surface area contributed by atoms with E-state index in [1.165, 1.54) is 6.26 Å². The van der Waals surface area contributed by atoms with Crippen molar-refractivity contribution in [2.75, 3.05) is 12.0 Å². The lowest BCUT2D eigenvalue weighted by Crippen LogP contribution is -1.97. The van der Waals surface area contributed by atoms with E-state index in [4.69, 9.17) is 5.73 Å². The Morgan fingerprint density at radius 2 is 1.53 bits per heavy atom. The quantitative estimate of drug-likeness (QED) is 0.862. The van der Waals surface area contributed by atoms with Crippen LogP contribution in [0.25, 0.3) is 11.1 Å². The molecular formula is C11H11N3O2S. The number of anilines is 1. The summed E-state index contributed by atoms with van der Waals surface area (Å²) >= 11 is 0. The van der Waals surface area contributed by atoms with Crippen molar-refractivity contribution in [3.63, 3.8) is 0 Å². The van der Waals surface area contributed by atoms with Gasteiger partial charge in [-0.3, -0.25) is 0 Å². The van der Waals surface area contributed by atoms with E-state index in [-0.39, 0.29) is 10.8 Å². The van der Waals surface area contributed by atoms with Gasteiger partial charge in [0.05, 0.1) is 4.90 Å². The smallest absolute Gasteiger partial charge is 0.219 e. The first-order valence-electron chi connectivity index (χ1n) is 4.85. The van der Waals surface area contributed by atoms with Crippen LogP contribution in [0.1, 0.15) is 0 Å². The summed E-state index contributed by atoms with van der Waals surface area (Å²) in [7, 11) is -3.16. The first-order valence-corrected chi connectivity index (χ1v) is 6.74. The predicted molar refractivity (Wildman–Crippen MR) is 65.0 cm³/mol. The topological polar surface area (TPSA) is 85.9 Å². The number of benzene rings is 1. The number of nitrogens with zero attached hydrogens (tertiary/aromatic N) is 2. The van der Waals surface area contributed by atoms with Gasteiger partial charge in [0.2, 0.25) is 5.95 Å². The number of hydrogen-bond donors (Lipinski definition) is 1. The molecule has 1 aromatic heterocycles. The van der Waals surface area contributed by atoms with Gasteiger partial charge in [-0.05, 0) is 17.7 Å². The third-order valence-electron chi connectivity index (χ3n) is 2.29. The van der Waals surface area contributed by atoms with Gasteiger partial charge in [0.15, 0.2) is 9.84 Å². The number of nitrogens with two attached hydrogens (primary N) is 1. The summed E-state index contributed by atoms with van der Waals surface area (Å²) in [6.45, 7) is 0. The summed E-state index contributed by atoms with van der Waals surface area (Å²) in [5.41, 5.74) is 7.02. The maximum Gasteiger partial charge on any atom is 0.219 e. The molecule has 0 radical (unpaired) electrons. The summed E-state index contributed by atoms with van der Waals surface area (Å²) in [6, 6.07) is 6.54. The number of aromatic nitrogens is 2. The third-order valence-corrected chi connectivity index (χ3v) is 3.42. The molecule has 17 heavy (non-hydrogen) atoms. The minimum atomic E-state index is -3.16. The highest BCUT2D eigenvalue weighted by molar-refractivity contribution is 7.90. The van der Waals surface area contributed by atoms with E-state index in [1.807, 2.05) is 0 Å². The van der Waals surface area contributed by atoms with Crippen LogP contribution < -0.4 is 5.73 Å². The zero-order valence-corrected chi connectivity index (χ0v) is 9.98. The Morgan fingerprint density at radius 1 is 1.00 bits per heavy atom. The maximum atomic E-state index is 11.3. The van der Waals surface area contributed by atoms with E-state index in [1.54, 1.807) is 36.7 Å². The lowest BCUT2D eigenvalue weighted by molar-refractivity contribution is 0.602. The number of hydrogen-bond acceptors (Lipinski definition) is 5. The predicted octanol–water partition coefficient (Wildman–Crippen LogP) is 1.13. The number of nitrogen functional groups attached to an aromatic ring is 1. The molecule has 0 fully saturated rings. The lowest BCUT2D eigenvalue weighted by Gasteiger charge is -2.02. The Balaban J connectivity index is 2.39. The Bertz CT molecular complexity index is 619. The molecule has 0 spiro atoms. The van der Waals surface area contributed by atoms with Crippen LogP contribution in [0.2, 0.25) is 0 Å². The fourth-order valence-electron chi connectivity index (χ4n) is 1.38. The molecule has 0 saturated heterocycles. The van der Waals surface area contributed by atoms with Crippen molar-refractivity contribution in [1.82, 2.24) is 9.97 Å². The summed E-state index contributed by atoms with van der Waals surface area (Å²) in [4.78, 5) is 8.04. The molecule has 0 saturated carbocycles. The maximum absolute atomic E-state index is 11.3. The van der Waals surface area contributed by atoms with Crippen molar-refractivity contribution in [2.45, 2.75) is 4.90 Å². The van der Waals surface area contributed by atoms with Crippen LogP contribution in [0.4, 0.5) is 5.95 Å². The van der Waals surface area contributed by atoms with Crippen molar-refractivity contribution < 1.29 is 8.42 Å². The molecule has 0 aliphatic rings. The Hall–Kier alpha value is -1.95. The molecule has 0 bridgehead atoms. The van der Waals surface area contributed by atoms with Gasteiger partial charge in [-0.15, -0.1) is 0 Å². The summed E-state index contributed by atoms with van der Waals surface area (Å²) < 4.78 is 22.6. The second-order valence-corrected chi connectivity index (χ2v) is 5.64. The molecule has 1 aromatic carbocycles. The summed E-state index contributed by atoms with van der Waals surface area (Å²) in [6.07, 6.45) is 4.36. The molecule has 0 aliphatic heterocycles. The molecule has 2 aromatic rings. The SMILES string of the molecule is CS(=O)(=O)c1ccc(-c2cnc(N)nc2)cc1. The van der Waals surface area contributed by atoms with E-state index >= 15 is 0 Å². The Kier molecular flexibility index (Phi) is 2.81. The highest BCUT2D eigenvalue weighted by atomic mass is 32.2. The van der Waals surface area contributed by atoms with Gasteiger partial charge >= 0.3 is 0 Å². The van der Waals surface area contributed by atoms with Crippen LogP contribution in [-0.4, -0.2) is 24.6 Å². The molecular weight excluding hydrogens is 238 g/mol. The normalized spacial score (nSPS) is 11.4. The third kappa shape index (κ3) is 2.59. The van der Waals surface area contributed by atoms with Gasteiger partial charge in [-0.25, -0.2) is 18.4 Å². The molecule has 88 valence electrons. The van der Waals surface area contributed by atoms with E-state index in [0.717, 1.165) is 11.1 Å². The van der Waals surface area contributed by atoms with Crippen LogP contribution in [0, 0.1) is 0 Å². The van der Waals surface area contributed by atoms with Crippen LogP contribution in [0.5, 0.6) is 0 Å². The van der Waals surface area contributed by atoms with E-state index in [2.05, 4.69) is 9.97 Å². The van der Waals surface area contributed by atoms with Gasteiger partial charge < -0.3 is 5.73 Å². The summed E-state index contributed by atoms with van der Waals surface area (Å²) in [5, 5.41) is 0. The summed E-state index contributed by atoms with van der Waals surface area (Å²) in [5.74, 6) is 0.210. The number of rotatable bonds is 2. The van der Waals surface area contributed by atoms with Crippen LogP contribution in [0.15, 0.2) is 41.6 Å². The van der Waals surface area contributed by atoms with E-state index < -0.39 is 9.84 Å². The average Bonchev–Trinajstić information content (AvgIpc) is 2.29. The second-order valence-electron chi connectivity index (χ2n) is 3.63. The van der Waals surface area contributed by atoms with Crippen LogP contribution in [-0.2, 0) is 9.84 Å². The van der Waals surface area contributed by atoms with Gasteiger partial charge in [0.1, 0.15) is 0 Å². The van der Waals surface area contributed by atoms with Crippen molar-refractivity contribution in [3.05, 3.63) is 36.7 Å². The standard InChI is InChI=1S/C11H11N3O2S/c1-17(15,16)10-4-2-8(3-5-10)9-6-13-11(12)14-7-9/h2-7H,1H3,(H2,12,13,14). The van der Waals surface area contributed by atoms with Crippen molar-refractivity contribution in [1.29, 1.82) is 0 Å². The van der Waals surface area contributed by atoms with Crippen LogP contribution in [0.3, 0.4) is 0 Å². The Morgan fingerprint density at radius 3 is 2.00 bits per heavy atom. The molecule has 2 N–H and O–H groups in total. The first kappa shape index (κ1) is 11.5.